The molecule has 1 heterocycles. The zero-order chi connectivity index (χ0) is 7.78. The molecule has 0 amide bonds. The summed E-state index contributed by atoms with van der Waals surface area (Å²) in [5.41, 5.74) is 1.34. The molecule has 1 aromatic rings. The monoisotopic (exact) mass is 324 g/mol. The number of hydrogen-bond acceptors (Lipinski definition) is 1. The molecule has 0 aliphatic carbocycles. The van der Waals surface area contributed by atoms with Crippen molar-refractivity contribution >= 4 is 0 Å². The Morgan fingerprint density at radius 2 is 2.00 bits per heavy atom. The van der Waals surface area contributed by atoms with Crippen LogP contribution in [0.2, 0.25) is 0 Å². The van der Waals surface area contributed by atoms with E-state index in [0.29, 0.717) is 0 Å². The number of rotatable bonds is 0. The Hall–Kier alpha value is -0.128. The number of aryl methyl sites for hydroxylation is 1. The summed E-state index contributed by atoms with van der Waals surface area (Å²) < 4.78 is 1.78. The molecule has 0 aromatic carbocycles. The molecular weight excluding hydrogens is 310 g/mol. The van der Waals surface area contributed by atoms with Gasteiger partial charge in [0, 0.05) is 27.5 Å². The fourth-order valence-corrected chi connectivity index (χ4v) is 0.739. The van der Waals surface area contributed by atoms with Crippen molar-refractivity contribution in [1.82, 2.24) is 9.78 Å². The third-order valence-corrected chi connectivity index (χ3v) is 1.45. The second-order valence-corrected chi connectivity index (χ2v) is 3.58. The molecule has 3 heteroatoms. The molecule has 0 N–H and O–H groups in total. The van der Waals surface area contributed by atoms with Crippen molar-refractivity contribution < 1.29 is 20.4 Å². The number of hydrogen-bond donors (Lipinski definition) is 0. The molecule has 0 saturated carbocycles. The van der Waals surface area contributed by atoms with Crippen molar-refractivity contribution in [2.45, 2.75) is 26.2 Å². The summed E-state index contributed by atoms with van der Waals surface area (Å²) in [5, 5.41) is 3.97. The van der Waals surface area contributed by atoms with E-state index >= 15 is 0 Å². The summed E-state index contributed by atoms with van der Waals surface area (Å²) in [6, 6.07) is 0. The first-order valence-corrected chi connectivity index (χ1v) is 3.42. The van der Waals surface area contributed by atoms with Gasteiger partial charge in [0.25, 0.3) is 0 Å². The molecule has 0 unspecified atom stereocenters. The third kappa shape index (κ3) is 2.77. The predicted octanol–water partition coefficient (Wildman–Crippen LogP) is 1.52. The van der Waals surface area contributed by atoms with Gasteiger partial charge in [0.2, 0.25) is 0 Å². The van der Waals surface area contributed by atoms with Gasteiger partial charge in [-0.05, 0) is 5.41 Å². The summed E-state index contributed by atoms with van der Waals surface area (Å²) in [6.07, 6.45) is 4.96. The second kappa shape index (κ2) is 3.51. The fourth-order valence-electron chi connectivity index (χ4n) is 0.739. The van der Waals surface area contributed by atoms with Crippen LogP contribution in [0.5, 0.6) is 0 Å². The molecule has 0 spiro atoms. The smallest absolute Gasteiger partial charge is 0.00868 e. The fraction of sp³-hybridized carbons (Fsp3) is 0.625. The van der Waals surface area contributed by atoms with Crippen LogP contribution in [-0.4, -0.2) is 9.78 Å². The average Bonchev–Trinajstić information content (AvgIpc) is 2.11. The van der Waals surface area contributed by atoms with Crippen LogP contribution < -0.4 is 0 Å². The summed E-state index contributed by atoms with van der Waals surface area (Å²) in [6.45, 7) is 6.46. The van der Waals surface area contributed by atoms with Gasteiger partial charge in [0.05, 0.1) is 0 Å². The van der Waals surface area contributed by atoms with Crippen LogP contribution in [0.4, 0.5) is 0 Å². The van der Waals surface area contributed by atoms with Crippen molar-refractivity contribution in [3.63, 3.8) is 0 Å². The zero-order valence-corrected chi connectivity index (χ0v) is 10.1. The van der Waals surface area contributed by atoms with E-state index in [4.69, 9.17) is 0 Å². The van der Waals surface area contributed by atoms with E-state index in [1.54, 1.807) is 4.68 Å². The van der Waals surface area contributed by atoms with Crippen molar-refractivity contribution in [1.29, 1.82) is 0 Å². The van der Waals surface area contributed by atoms with Crippen LogP contribution in [0, 0.1) is 6.20 Å². The van der Waals surface area contributed by atoms with Crippen molar-refractivity contribution in [3.8, 4) is 0 Å². The third-order valence-electron chi connectivity index (χ3n) is 1.45. The maximum Gasteiger partial charge on any atom is 0.00868 e. The zero-order valence-electron chi connectivity index (χ0n) is 7.35. The van der Waals surface area contributed by atoms with E-state index in [1.807, 2.05) is 13.2 Å². The van der Waals surface area contributed by atoms with E-state index < -0.39 is 0 Å². The van der Waals surface area contributed by atoms with Gasteiger partial charge >= 0.3 is 0 Å². The summed E-state index contributed by atoms with van der Waals surface area (Å²) in [4.78, 5) is 0. The van der Waals surface area contributed by atoms with E-state index in [2.05, 4.69) is 32.1 Å². The van der Waals surface area contributed by atoms with Crippen LogP contribution in [-0.2, 0) is 32.9 Å². The molecule has 11 heavy (non-hydrogen) atoms. The first kappa shape index (κ1) is 10.9. The molecule has 63 valence electrons. The van der Waals surface area contributed by atoms with E-state index in [9.17, 15) is 0 Å². The van der Waals surface area contributed by atoms with Gasteiger partial charge in [-0.15, -0.1) is 12.4 Å². The Labute approximate surface area is 81.6 Å². The molecular formula is C8H13N2Re-. The predicted molar refractivity (Wildman–Crippen MR) is 40.7 cm³/mol. The molecule has 2 nitrogen and oxygen atoms in total. The van der Waals surface area contributed by atoms with Gasteiger partial charge in [0.15, 0.2) is 0 Å². The first-order valence-electron chi connectivity index (χ1n) is 3.42. The maximum absolute atomic E-state index is 3.97. The topological polar surface area (TPSA) is 17.8 Å². The normalized spacial score (nSPS) is 10.9. The molecule has 0 atom stereocenters. The Morgan fingerprint density at radius 3 is 2.18 bits per heavy atom. The molecule has 1 aromatic heterocycles. The van der Waals surface area contributed by atoms with Gasteiger partial charge in [0.1, 0.15) is 0 Å². The van der Waals surface area contributed by atoms with Crippen LogP contribution >= 0.6 is 0 Å². The quantitative estimate of drug-likeness (QED) is 0.662. The summed E-state index contributed by atoms with van der Waals surface area (Å²) >= 11 is 0. The van der Waals surface area contributed by atoms with Crippen LogP contribution in [0.25, 0.3) is 0 Å². The van der Waals surface area contributed by atoms with Crippen molar-refractivity contribution in [2.75, 3.05) is 0 Å². The van der Waals surface area contributed by atoms with Crippen molar-refractivity contribution in [2.24, 2.45) is 7.05 Å². The number of aromatic nitrogens is 2. The largest absolute Gasteiger partial charge is 0.372 e. The molecule has 0 aliphatic heterocycles. The SMILES string of the molecule is Cn1cc(C(C)(C)C)[c-]n1.[Re]. The maximum atomic E-state index is 3.97. The van der Waals surface area contributed by atoms with Gasteiger partial charge in [-0.1, -0.05) is 20.8 Å². The molecule has 0 bridgehead atoms. The second-order valence-electron chi connectivity index (χ2n) is 3.58. The van der Waals surface area contributed by atoms with E-state index in [0.717, 1.165) is 5.56 Å². The molecule has 0 aliphatic rings. The van der Waals surface area contributed by atoms with Crippen molar-refractivity contribution in [3.05, 3.63) is 18.0 Å². The minimum absolute atomic E-state index is 0. The van der Waals surface area contributed by atoms with E-state index in [-0.39, 0.29) is 25.8 Å². The van der Waals surface area contributed by atoms with E-state index in [1.165, 1.54) is 0 Å². The van der Waals surface area contributed by atoms with Crippen LogP contribution in [0.15, 0.2) is 6.20 Å². The minimum Gasteiger partial charge on any atom is -0.372 e. The number of nitrogens with zero attached hydrogens (tertiary/aromatic N) is 2. The van der Waals surface area contributed by atoms with Crippen LogP contribution in [0.1, 0.15) is 26.3 Å². The van der Waals surface area contributed by atoms with Gasteiger partial charge < -0.3 is 9.78 Å². The van der Waals surface area contributed by atoms with Gasteiger partial charge in [-0.3, -0.25) is 0 Å². The Kier molecular flexibility index (Phi) is 3.47. The Balaban J connectivity index is 0.000001000. The molecule has 0 fully saturated rings. The Morgan fingerprint density at radius 1 is 1.45 bits per heavy atom. The first-order chi connectivity index (χ1) is 4.50. The molecule has 1 rings (SSSR count). The molecule has 0 saturated heterocycles. The Bertz CT molecular complexity index is 222. The molecule has 1 radical (unpaired) electrons. The summed E-state index contributed by atoms with van der Waals surface area (Å²) in [7, 11) is 1.91. The standard InChI is InChI=1S/C8H13N2.Re/c1-8(2,3)7-5-9-10(4)6-7;/h6H,1-4H3;/q-1;. The average molecular weight is 323 g/mol. The van der Waals surface area contributed by atoms with Crippen LogP contribution in [0.3, 0.4) is 0 Å². The minimum atomic E-state index is 0. The van der Waals surface area contributed by atoms with Gasteiger partial charge in [-0.2, -0.15) is 5.56 Å². The van der Waals surface area contributed by atoms with Gasteiger partial charge in [-0.25, -0.2) is 0 Å². The summed E-state index contributed by atoms with van der Waals surface area (Å²) in [5.74, 6) is 0.